The second-order valence-corrected chi connectivity index (χ2v) is 5.79. The average molecular weight is 334 g/mol. The number of nitrogens with zero attached hydrogens (tertiary/aromatic N) is 1. The molecule has 4 heteroatoms. The molecule has 1 amide bonds. The normalized spacial score (nSPS) is 10.6. The molecule has 0 spiro atoms. The molecule has 126 valence electrons. The summed E-state index contributed by atoms with van der Waals surface area (Å²) in [5.41, 5.74) is 2.79. The third-order valence-corrected chi connectivity index (χ3v) is 4.11. The first-order valence-electron chi connectivity index (χ1n) is 8.23. The van der Waals surface area contributed by atoms with Crippen LogP contribution in [0, 0.1) is 5.95 Å². The van der Waals surface area contributed by atoms with E-state index in [4.69, 9.17) is 0 Å². The van der Waals surface area contributed by atoms with Crippen LogP contribution in [0.5, 0.6) is 0 Å². The number of rotatable bonds is 6. The minimum Gasteiger partial charge on any atom is -0.352 e. The zero-order valence-corrected chi connectivity index (χ0v) is 13.7. The lowest BCUT2D eigenvalue weighted by atomic mass is 9.88. The molecule has 0 bridgehead atoms. The van der Waals surface area contributed by atoms with Crippen LogP contribution < -0.4 is 5.32 Å². The molecular weight excluding hydrogens is 315 g/mol. The van der Waals surface area contributed by atoms with E-state index in [1.54, 1.807) is 0 Å². The minimum absolute atomic E-state index is 0.203. The number of halogens is 1. The summed E-state index contributed by atoms with van der Waals surface area (Å²) >= 11 is 0. The highest BCUT2D eigenvalue weighted by Crippen LogP contribution is 2.27. The number of nitrogens with one attached hydrogen (secondary N) is 1. The second kappa shape index (κ2) is 8.20. The summed E-state index contributed by atoms with van der Waals surface area (Å²) in [5, 5.41) is 2.89. The van der Waals surface area contributed by atoms with Gasteiger partial charge >= 0.3 is 0 Å². The summed E-state index contributed by atoms with van der Waals surface area (Å²) in [6.07, 6.45) is 2.02. The lowest BCUT2D eigenvalue weighted by Gasteiger charge is -2.18. The van der Waals surface area contributed by atoms with Crippen molar-refractivity contribution in [1.82, 2.24) is 10.3 Å². The Kier molecular flexibility index (Phi) is 5.52. The Morgan fingerprint density at radius 2 is 1.52 bits per heavy atom. The second-order valence-electron chi connectivity index (χ2n) is 5.79. The van der Waals surface area contributed by atoms with Crippen molar-refractivity contribution in [2.75, 3.05) is 6.54 Å². The van der Waals surface area contributed by atoms with Crippen molar-refractivity contribution < 1.29 is 9.18 Å². The molecule has 0 fully saturated rings. The van der Waals surface area contributed by atoms with Gasteiger partial charge in [-0.1, -0.05) is 60.7 Å². The molecule has 0 radical (unpaired) electrons. The lowest BCUT2D eigenvalue weighted by molar-refractivity contribution is 0.0952. The van der Waals surface area contributed by atoms with Gasteiger partial charge in [0.15, 0.2) is 0 Å². The van der Waals surface area contributed by atoms with E-state index in [9.17, 15) is 9.18 Å². The Morgan fingerprint density at radius 1 is 0.920 bits per heavy atom. The van der Waals surface area contributed by atoms with Crippen LogP contribution in [0.2, 0.25) is 0 Å². The number of hydrogen-bond donors (Lipinski definition) is 1. The van der Waals surface area contributed by atoms with Crippen molar-refractivity contribution in [1.29, 1.82) is 0 Å². The number of amides is 1. The number of carbonyl (C=O) groups excluding carboxylic acids is 1. The van der Waals surface area contributed by atoms with Gasteiger partial charge in [-0.15, -0.1) is 0 Å². The van der Waals surface area contributed by atoms with E-state index in [1.165, 1.54) is 29.5 Å². The fourth-order valence-electron chi connectivity index (χ4n) is 2.84. The predicted octanol–water partition coefficient (Wildman–Crippen LogP) is 4.17. The molecule has 1 heterocycles. The predicted molar refractivity (Wildman–Crippen MR) is 95.9 cm³/mol. The van der Waals surface area contributed by atoms with Crippen LogP contribution in [0.25, 0.3) is 0 Å². The van der Waals surface area contributed by atoms with Gasteiger partial charge in [0.05, 0.1) is 5.56 Å². The molecule has 0 aliphatic rings. The largest absolute Gasteiger partial charge is 0.352 e. The summed E-state index contributed by atoms with van der Waals surface area (Å²) in [6, 6.07) is 23.1. The fraction of sp³-hybridized carbons (Fsp3) is 0.143. The quantitative estimate of drug-likeness (QED) is 0.687. The van der Waals surface area contributed by atoms with E-state index < -0.39 is 5.95 Å². The van der Waals surface area contributed by atoms with Crippen molar-refractivity contribution in [3.63, 3.8) is 0 Å². The smallest absolute Gasteiger partial charge is 0.252 e. The van der Waals surface area contributed by atoms with Crippen molar-refractivity contribution in [3.05, 3.63) is 102 Å². The van der Waals surface area contributed by atoms with Gasteiger partial charge in [0.1, 0.15) is 0 Å². The van der Waals surface area contributed by atoms with Gasteiger partial charge in [0, 0.05) is 18.7 Å². The third-order valence-electron chi connectivity index (χ3n) is 4.11. The molecule has 0 saturated heterocycles. The van der Waals surface area contributed by atoms with E-state index in [0.29, 0.717) is 12.1 Å². The van der Waals surface area contributed by atoms with Gasteiger partial charge in [0.25, 0.3) is 5.91 Å². The first-order chi connectivity index (χ1) is 12.2. The number of pyridine rings is 1. The summed E-state index contributed by atoms with van der Waals surface area (Å²) < 4.78 is 12.8. The van der Waals surface area contributed by atoms with Crippen LogP contribution in [0.4, 0.5) is 4.39 Å². The summed E-state index contributed by atoms with van der Waals surface area (Å²) in [4.78, 5) is 15.6. The maximum absolute atomic E-state index is 12.8. The zero-order valence-electron chi connectivity index (χ0n) is 13.7. The molecule has 0 unspecified atom stereocenters. The maximum atomic E-state index is 12.8. The van der Waals surface area contributed by atoms with Gasteiger partial charge in [-0.2, -0.15) is 4.39 Å². The van der Waals surface area contributed by atoms with Crippen LogP contribution in [0.1, 0.15) is 33.8 Å². The molecule has 2 aromatic carbocycles. The Labute approximate surface area is 146 Å². The fourth-order valence-corrected chi connectivity index (χ4v) is 2.84. The lowest BCUT2D eigenvalue weighted by Crippen LogP contribution is -2.26. The Bertz CT molecular complexity index is 765. The summed E-state index contributed by atoms with van der Waals surface area (Å²) in [5.74, 6) is -0.633. The Hall–Kier alpha value is -3.01. The van der Waals surface area contributed by atoms with Crippen LogP contribution in [0.15, 0.2) is 79.0 Å². The zero-order chi connectivity index (χ0) is 17.5. The van der Waals surface area contributed by atoms with Crippen molar-refractivity contribution >= 4 is 5.91 Å². The first-order valence-corrected chi connectivity index (χ1v) is 8.23. The molecule has 0 saturated carbocycles. The maximum Gasteiger partial charge on any atom is 0.252 e. The molecule has 0 atom stereocenters. The number of benzene rings is 2. The van der Waals surface area contributed by atoms with Crippen molar-refractivity contribution in [2.45, 2.75) is 12.3 Å². The topological polar surface area (TPSA) is 42.0 Å². The Morgan fingerprint density at radius 3 is 2.04 bits per heavy atom. The Balaban J connectivity index is 1.67. The van der Waals surface area contributed by atoms with Gasteiger partial charge in [-0.25, -0.2) is 4.98 Å². The van der Waals surface area contributed by atoms with E-state index in [1.807, 2.05) is 36.4 Å². The number of aromatic nitrogens is 1. The molecule has 0 aliphatic carbocycles. The molecule has 3 aromatic rings. The first kappa shape index (κ1) is 16.8. The van der Waals surface area contributed by atoms with Crippen LogP contribution in [-0.4, -0.2) is 17.4 Å². The SMILES string of the molecule is O=C(NCCC(c1ccccc1)c1ccccc1)c1ccc(F)nc1. The molecule has 3 rings (SSSR count). The average Bonchev–Trinajstić information content (AvgIpc) is 2.67. The van der Waals surface area contributed by atoms with E-state index in [-0.39, 0.29) is 11.8 Å². The van der Waals surface area contributed by atoms with Crippen LogP contribution in [0.3, 0.4) is 0 Å². The molecule has 25 heavy (non-hydrogen) atoms. The molecule has 1 N–H and O–H groups in total. The van der Waals surface area contributed by atoms with Crippen molar-refractivity contribution in [2.24, 2.45) is 0 Å². The monoisotopic (exact) mass is 334 g/mol. The van der Waals surface area contributed by atoms with Gasteiger partial charge < -0.3 is 5.32 Å². The molecule has 1 aromatic heterocycles. The molecule has 0 aliphatic heterocycles. The molecular formula is C21H19FN2O. The van der Waals surface area contributed by atoms with Crippen LogP contribution >= 0.6 is 0 Å². The minimum atomic E-state index is -0.593. The number of hydrogen-bond acceptors (Lipinski definition) is 2. The number of carbonyl (C=O) groups is 1. The summed E-state index contributed by atoms with van der Waals surface area (Å²) in [7, 11) is 0. The van der Waals surface area contributed by atoms with E-state index >= 15 is 0 Å². The van der Waals surface area contributed by atoms with E-state index in [0.717, 1.165) is 6.42 Å². The molecule has 3 nitrogen and oxygen atoms in total. The summed E-state index contributed by atoms with van der Waals surface area (Å²) in [6.45, 7) is 0.519. The van der Waals surface area contributed by atoms with E-state index in [2.05, 4.69) is 34.6 Å². The highest BCUT2D eigenvalue weighted by molar-refractivity contribution is 5.93. The van der Waals surface area contributed by atoms with Gasteiger partial charge in [-0.05, 0) is 29.7 Å². The standard InChI is InChI=1S/C21H19FN2O/c22-20-12-11-18(15-24-20)21(25)23-14-13-19(16-7-3-1-4-8-16)17-9-5-2-6-10-17/h1-12,15,19H,13-14H2,(H,23,25). The van der Waals surface area contributed by atoms with Crippen molar-refractivity contribution in [3.8, 4) is 0 Å². The van der Waals surface area contributed by atoms with Gasteiger partial charge in [0.2, 0.25) is 5.95 Å². The highest BCUT2D eigenvalue weighted by Gasteiger charge is 2.14. The van der Waals surface area contributed by atoms with Gasteiger partial charge in [-0.3, -0.25) is 4.79 Å². The van der Waals surface area contributed by atoms with Crippen LogP contribution in [-0.2, 0) is 0 Å². The highest BCUT2D eigenvalue weighted by atomic mass is 19.1. The third kappa shape index (κ3) is 4.51.